The number of hydrogen-bond donors (Lipinski definition) is 1. The van der Waals surface area contributed by atoms with Gasteiger partial charge in [0, 0.05) is 12.6 Å². The van der Waals surface area contributed by atoms with Gasteiger partial charge in [0.2, 0.25) is 0 Å². The molecule has 0 aromatic rings. The van der Waals surface area contributed by atoms with Crippen molar-refractivity contribution in [2.24, 2.45) is 5.92 Å². The molecule has 0 heterocycles. The van der Waals surface area contributed by atoms with Crippen LogP contribution in [-0.4, -0.2) is 37.6 Å². The average molecular weight is 212 g/mol. The first-order chi connectivity index (χ1) is 7.27. The number of rotatable bonds is 5. The van der Waals surface area contributed by atoms with Crippen LogP contribution in [0.3, 0.4) is 0 Å². The molecule has 1 aliphatic carbocycles. The van der Waals surface area contributed by atoms with Crippen LogP contribution < -0.4 is 5.32 Å². The zero-order chi connectivity index (χ0) is 11.1. The molecule has 15 heavy (non-hydrogen) atoms. The van der Waals surface area contributed by atoms with E-state index in [9.17, 15) is 0 Å². The van der Waals surface area contributed by atoms with E-state index in [-0.39, 0.29) is 0 Å². The van der Waals surface area contributed by atoms with Crippen LogP contribution in [0, 0.1) is 5.92 Å². The Bertz CT molecular complexity index is 159. The minimum Gasteiger partial charge on any atom is -0.314 e. The standard InChI is InChI=1S/C13H28N2/c1-4-14-13-10-8-6-7-9-12(13)11-15(3)5-2/h12-14H,4-11H2,1-3H3. The first kappa shape index (κ1) is 13.0. The van der Waals surface area contributed by atoms with Gasteiger partial charge in [-0.3, -0.25) is 0 Å². The highest BCUT2D eigenvalue weighted by atomic mass is 15.1. The van der Waals surface area contributed by atoms with Crippen LogP contribution in [0.25, 0.3) is 0 Å². The summed E-state index contributed by atoms with van der Waals surface area (Å²) in [6, 6.07) is 0.770. The Labute approximate surface area is 95.4 Å². The lowest BCUT2D eigenvalue weighted by Gasteiger charge is -2.29. The van der Waals surface area contributed by atoms with Crippen molar-refractivity contribution in [2.45, 2.75) is 52.0 Å². The van der Waals surface area contributed by atoms with Crippen LogP contribution in [0.5, 0.6) is 0 Å². The van der Waals surface area contributed by atoms with E-state index in [0.717, 1.165) is 18.5 Å². The minimum atomic E-state index is 0.770. The van der Waals surface area contributed by atoms with Gasteiger partial charge in [0.1, 0.15) is 0 Å². The van der Waals surface area contributed by atoms with Gasteiger partial charge in [-0.25, -0.2) is 0 Å². The van der Waals surface area contributed by atoms with Gasteiger partial charge in [-0.1, -0.05) is 33.1 Å². The summed E-state index contributed by atoms with van der Waals surface area (Å²) in [5.74, 6) is 0.873. The zero-order valence-electron chi connectivity index (χ0n) is 10.8. The molecule has 0 aromatic carbocycles. The molecular weight excluding hydrogens is 184 g/mol. The van der Waals surface area contributed by atoms with Crippen molar-refractivity contribution in [1.29, 1.82) is 0 Å². The zero-order valence-corrected chi connectivity index (χ0v) is 10.8. The molecule has 90 valence electrons. The quantitative estimate of drug-likeness (QED) is 0.704. The first-order valence-electron chi connectivity index (χ1n) is 6.69. The third-order valence-electron chi connectivity index (χ3n) is 3.71. The van der Waals surface area contributed by atoms with Crippen molar-refractivity contribution in [3.05, 3.63) is 0 Å². The molecule has 0 radical (unpaired) electrons. The van der Waals surface area contributed by atoms with E-state index in [4.69, 9.17) is 0 Å². The van der Waals surface area contributed by atoms with Crippen molar-refractivity contribution in [3.8, 4) is 0 Å². The van der Waals surface area contributed by atoms with Gasteiger partial charge in [0.15, 0.2) is 0 Å². The van der Waals surface area contributed by atoms with Gasteiger partial charge in [-0.05, 0) is 38.9 Å². The summed E-state index contributed by atoms with van der Waals surface area (Å²) >= 11 is 0. The fourth-order valence-corrected chi connectivity index (χ4v) is 2.66. The van der Waals surface area contributed by atoms with Crippen molar-refractivity contribution < 1.29 is 0 Å². The summed E-state index contributed by atoms with van der Waals surface area (Å²) in [4.78, 5) is 2.46. The largest absolute Gasteiger partial charge is 0.314 e. The summed E-state index contributed by atoms with van der Waals surface area (Å²) < 4.78 is 0. The maximum atomic E-state index is 3.68. The van der Waals surface area contributed by atoms with Crippen molar-refractivity contribution in [1.82, 2.24) is 10.2 Å². The molecular formula is C13H28N2. The highest BCUT2D eigenvalue weighted by Crippen LogP contribution is 2.24. The molecule has 0 amide bonds. The normalized spacial score (nSPS) is 28.0. The molecule has 1 saturated carbocycles. The van der Waals surface area contributed by atoms with E-state index < -0.39 is 0 Å². The smallest absolute Gasteiger partial charge is 0.0107 e. The van der Waals surface area contributed by atoms with Crippen LogP contribution in [-0.2, 0) is 0 Å². The fraction of sp³-hybridized carbons (Fsp3) is 1.00. The monoisotopic (exact) mass is 212 g/mol. The first-order valence-corrected chi connectivity index (χ1v) is 6.69. The minimum absolute atomic E-state index is 0.770. The van der Waals surface area contributed by atoms with E-state index >= 15 is 0 Å². The Hall–Kier alpha value is -0.0800. The summed E-state index contributed by atoms with van der Waals surface area (Å²) in [6.07, 6.45) is 7.10. The van der Waals surface area contributed by atoms with E-state index in [1.807, 2.05) is 0 Å². The highest BCUT2D eigenvalue weighted by molar-refractivity contribution is 4.80. The molecule has 1 rings (SSSR count). The van der Waals surface area contributed by atoms with Crippen molar-refractivity contribution in [2.75, 3.05) is 26.7 Å². The maximum absolute atomic E-state index is 3.68. The van der Waals surface area contributed by atoms with E-state index in [2.05, 4.69) is 31.1 Å². The van der Waals surface area contributed by atoms with Crippen LogP contribution in [0.1, 0.15) is 46.0 Å². The fourth-order valence-electron chi connectivity index (χ4n) is 2.66. The van der Waals surface area contributed by atoms with Crippen molar-refractivity contribution >= 4 is 0 Å². The molecule has 2 atom stereocenters. The Morgan fingerprint density at radius 3 is 2.53 bits per heavy atom. The molecule has 1 fully saturated rings. The van der Waals surface area contributed by atoms with Gasteiger partial charge in [0.25, 0.3) is 0 Å². The lowest BCUT2D eigenvalue weighted by Crippen LogP contribution is -2.40. The van der Waals surface area contributed by atoms with Gasteiger partial charge >= 0.3 is 0 Å². The number of nitrogens with zero attached hydrogens (tertiary/aromatic N) is 1. The predicted octanol–water partition coefficient (Wildman–Crippen LogP) is 2.50. The summed E-state index contributed by atoms with van der Waals surface area (Å²) in [6.45, 7) is 8.05. The molecule has 0 aliphatic heterocycles. The highest BCUT2D eigenvalue weighted by Gasteiger charge is 2.23. The molecule has 2 unspecified atom stereocenters. The number of hydrogen-bond acceptors (Lipinski definition) is 2. The second-order valence-electron chi connectivity index (χ2n) is 4.92. The third kappa shape index (κ3) is 4.52. The molecule has 1 aliphatic rings. The SMILES string of the molecule is CCNC1CCCCCC1CN(C)CC. The Morgan fingerprint density at radius 2 is 1.87 bits per heavy atom. The van der Waals surface area contributed by atoms with Gasteiger partial charge in [-0.15, -0.1) is 0 Å². The van der Waals surface area contributed by atoms with Crippen LogP contribution >= 0.6 is 0 Å². The Morgan fingerprint density at radius 1 is 1.13 bits per heavy atom. The van der Waals surface area contributed by atoms with Gasteiger partial charge in [-0.2, -0.15) is 0 Å². The lowest BCUT2D eigenvalue weighted by molar-refractivity contribution is 0.232. The maximum Gasteiger partial charge on any atom is 0.0107 e. The van der Waals surface area contributed by atoms with Gasteiger partial charge in [0.05, 0.1) is 0 Å². The van der Waals surface area contributed by atoms with E-state index in [1.165, 1.54) is 45.2 Å². The molecule has 0 aromatic heterocycles. The van der Waals surface area contributed by atoms with Crippen LogP contribution in [0.2, 0.25) is 0 Å². The predicted molar refractivity (Wildman–Crippen MR) is 67.2 cm³/mol. The molecule has 0 saturated heterocycles. The molecule has 0 bridgehead atoms. The molecule has 0 spiro atoms. The molecule has 2 heteroatoms. The topological polar surface area (TPSA) is 15.3 Å². The third-order valence-corrected chi connectivity index (χ3v) is 3.71. The second kappa shape index (κ2) is 7.24. The molecule has 1 N–H and O–H groups in total. The lowest BCUT2D eigenvalue weighted by atomic mass is 9.94. The molecule has 2 nitrogen and oxygen atoms in total. The number of nitrogens with one attached hydrogen (secondary N) is 1. The van der Waals surface area contributed by atoms with Crippen LogP contribution in [0.4, 0.5) is 0 Å². The second-order valence-corrected chi connectivity index (χ2v) is 4.92. The average Bonchev–Trinajstić information content (AvgIpc) is 2.45. The van der Waals surface area contributed by atoms with Crippen molar-refractivity contribution in [3.63, 3.8) is 0 Å². The van der Waals surface area contributed by atoms with E-state index in [0.29, 0.717) is 0 Å². The summed E-state index contributed by atoms with van der Waals surface area (Å²) in [7, 11) is 2.24. The van der Waals surface area contributed by atoms with Crippen LogP contribution in [0.15, 0.2) is 0 Å². The Balaban J connectivity index is 2.45. The van der Waals surface area contributed by atoms with E-state index in [1.54, 1.807) is 0 Å². The summed E-state index contributed by atoms with van der Waals surface area (Å²) in [5.41, 5.74) is 0. The van der Waals surface area contributed by atoms with Gasteiger partial charge < -0.3 is 10.2 Å². The summed E-state index contributed by atoms with van der Waals surface area (Å²) in [5, 5.41) is 3.68. The Kier molecular flexibility index (Phi) is 6.26.